The molecule has 3 rings (SSSR count). The van der Waals surface area contributed by atoms with Crippen LogP contribution < -0.4 is 14.2 Å². The van der Waals surface area contributed by atoms with Crippen molar-refractivity contribution >= 4 is 17.8 Å². The topological polar surface area (TPSA) is 30.9 Å². The zero-order chi connectivity index (χ0) is 21.3. The zero-order valence-electron chi connectivity index (χ0n) is 17.9. The molecule has 2 aromatic carbocycles. The largest absolute Gasteiger partial charge is 0.493 e. The van der Waals surface area contributed by atoms with Crippen molar-refractivity contribution in [2.45, 2.75) is 23.8 Å². The fourth-order valence-electron chi connectivity index (χ4n) is 3.65. The van der Waals surface area contributed by atoms with Crippen LogP contribution in [0.4, 0.5) is 4.39 Å². The van der Waals surface area contributed by atoms with Crippen molar-refractivity contribution < 1.29 is 18.6 Å². The summed E-state index contributed by atoms with van der Waals surface area (Å²) in [5, 5.41) is 0.639. The second kappa shape index (κ2) is 11.3. The first-order valence-electron chi connectivity index (χ1n) is 10.2. The summed E-state index contributed by atoms with van der Waals surface area (Å²) in [6, 6.07) is 10.6. The fraction of sp³-hybridized carbons (Fsp3) is 0.417. The van der Waals surface area contributed by atoms with E-state index in [1.54, 1.807) is 33.5 Å². The minimum absolute atomic E-state index is 0.197. The SMILES string of the molecule is COc1ccc(CSC2CCN(C/C=C/c3ccc(F)cc3)CC2)c(OC)c1OC. The first-order valence-corrected chi connectivity index (χ1v) is 11.2. The molecule has 0 amide bonds. The molecule has 4 nitrogen and oxygen atoms in total. The van der Waals surface area contributed by atoms with E-state index < -0.39 is 0 Å². The smallest absolute Gasteiger partial charge is 0.203 e. The maximum absolute atomic E-state index is 13.0. The normalized spacial score (nSPS) is 15.5. The van der Waals surface area contributed by atoms with Gasteiger partial charge in [0, 0.05) is 23.1 Å². The molecule has 6 heteroatoms. The van der Waals surface area contributed by atoms with Gasteiger partial charge >= 0.3 is 0 Å². The first-order chi connectivity index (χ1) is 14.6. The van der Waals surface area contributed by atoms with Crippen LogP contribution in [0, 0.1) is 5.82 Å². The van der Waals surface area contributed by atoms with Crippen LogP contribution in [0.25, 0.3) is 6.08 Å². The average Bonchev–Trinajstić information content (AvgIpc) is 2.79. The third-order valence-corrected chi connectivity index (χ3v) is 6.76. The molecule has 1 aliphatic rings. The van der Waals surface area contributed by atoms with Gasteiger partial charge in [0.15, 0.2) is 11.5 Å². The Morgan fingerprint density at radius 3 is 2.30 bits per heavy atom. The van der Waals surface area contributed by atoms with Gasteiger partial charge in [0.05, 0.1) is 21.3 Å². The molecule has 2 aromatic rings. The highest BCUT2D eigenvalue weighted by atomic mass is 32.2. The summed E-state index contributed by atoms with van der Waals surface area (Å²) in [7, 11) is 4.94. The van der Waals surface area contributed by atoms with E-state index in [2.05, 4.69) is 23.1 Å². The first kappa shape index (κ1) is 22.5. The van der Waals surface area contributed by atoms with Crippen molar-refractivity contribution in [1.29, 1.82) is 0 Å². The van der Waals surface area contributed by atoms with Gasteiger partial charge in [-0.15, -0.1) is 0 Å². The molecular formula is C24H30FNO3S. The summed E-state index contributed by atoms with van der Waals surface area (Å²) < 4.78 is 29.4. The summed E-state index contributed by atoms with van der Waals surface area (Å²) in [5.74, 6) is 2.79. The second-order valence-electron chi connectivity index (χ2n) is 7.26. The average molecular weight is 432 g/mol. The minimum atomic E-state index is -0.197. The van der Waals surface area contributed by atoms with E-state index in [1.807, 2.05) is 17.8 Å². The molecule has 1 saturated heterocycles. The van der Waals surface area contributed by atoms with Crippen LogP contribution >= 0.6 is 11.8 Å². The molecule has 0 N–H and O–H groups in total. The summed E-state index contributed by atoms with van der Waals surface area (Å²) in [5.41, 5.74) is 2.16. The standard InChI is InChI=1S/C24H30FNO3S/c1-27-22-11-8-19(23(28-2)24(22)29-3)17-30-21-12-15-26(16-13-21)14-4-5-18-6-9-20(25)10-7-18/h4-11,21H,12-17H2,1-3H3/b5-4+. The summed E-state index contributed by atoms with van der Waals surface area (Å²) >= 11 is 1.98. The summed E-state index contributed by atoms with van der Waals surface area (Å²) in [6.07, 6.45) is 6.56. The third kappa shape index (κ3) is 5.92. The Kier molecular flexibility index (Phi) is 8.46. The fourth-order valence-corrected chi connectivity index (χ4v) is 4.84. The number of methoxy groups -OCH3 is 3. The molecule has 0 atom stereocenters. The van der Waals surface area contributed by atoms with E-state index in [0.717, 1.165) is 42.3 Å². The van der Waals surface area contributed by atoms with Crippen LogP contribution in [0.5, 0.6) is 17.2 Å². The molecule has 0 aliphatic carbocycles. The van der Waals surface area contributed by atoms with Crippen molar-refractivity contribution in [3.8, 4) is 17.2 Å². The highest BCUT2D eigenvalue weighted by molar-refractivity contribution is 7.99. The van der Waals surface area contributed by atoms with Gasteiger partial charge in [0.2, 0.25) is 5.75 Å². The van der Waals surface area contributed by atoms with E-state index in [9.17, 15) is 4.39 Å². The molecule has 162 valence electrons. The maximum Gasteiger partial charge on any atom is 0.203 e. The highest BCUT2D eigenvalue weighted by Gasteiger charge is 2.21. The van der Waals surface area contributed by atoms with Gasteiger partial charge in [0.25, 0.3) is 0 Å². The van der Waals surface area contributed by atoms with Gasteiger partial charge in [-0.1, -0.05) is 30.4 Å². The van der Waals surface area contributed by atoms with Crippen LogP contribution in [0.2, 0.25) is 0 Å². The Hall–Kier alpha value is -2.18. The number of likely N-dealkylation sites (tertiary alicyclic amines) is 1. The number of hydrogen-bond donors (Lipinski definition) is 0. The van der Waals surface area contributed by atoms with Gasteiger partial charge in [-0.3, -0.25) is 4.90 Å². The van der Waals surface area contributed by atoms with Crippen molar-refractivity contribution in [3.05, 3.63) is 59.4 Å². The molecule has 0 aromatic heterocycles. The van der Waals surface area contributed by atoms with Crippen LogP contribution in [0.1, 0.15) is 24.0 Å². The molecule has 1 aliphatic heterocycles. The maximum atomic E-state index is 13.0. The lowest BCUT2D eigenvalue weighted by Crippen LogP contribution is -2.34. The van der Waals surface area contributed by atoms with Gasteiger partial charge in [-0.05, 0) is 49.7 Å². The van der Waals surface area contributed by atoms with Crippen molar-refractivity contribution in [2.75, 3.05) is 41.0 Å². The molecule has 30 heavy (non-hydrogen) atoms. The van der Waals surface area contributed by atoms with E-state index in [4.69, 9.17) is 14.2 Å². The Bertz CT molecular complexity index is 833. The predicted molar refractivity (Wildman–Crippen MR) is 122 cm³/mol. The third-order valence-electron chi connectivity index (χ3n) is 5.34. The number of rotatable bonds is 9. The van der Waals surface area contributed by atoms with Crippen LogP contribution in [-0.4, -0.2) is 51.1 Å². The lowest BCUT2D eigenvalue weighted by Gasteiger charge is -2.31. The molecule has 0 spiro atoms. The Morgan fingerprint density at radius 1 is 0.967 bits per heavy atom. The van der Waals surface area contributed by atoms with Gasteiger partial charge in [-0.2, -0.15) is 11.8 Å². The Morgan fingerprint density at radius 2 is 1.67 bits per heavy atom. The van der Waals surface area contributed by atoms with Crippen molar-refractivity contribution in [2.24, 2.45) is 0 Å². The quantitative estimate of drug-likeness (QED) is 0.540. The summed E-state index contributed by atoms with van der Waals surface area (Å²) in [6.45, 7) is 3.11. The number of hydrogen-bond acceptors (Lipinski definition) is 5. The second-order valence-corrected chi connectivity index (χ2v) is 8.55. The number of thioether (sulfide) groups is 1. The zero-order valence-corrected chi connectivity index (χ0v) is 18.7. The number of piperidine rings is 1. The Labute approximate surface area is 183 Å². The Balaban J connectivity index is 1.46. The monoisotopic (exact) mass is 431 g/mol. The molecule has 1 fully saturated rings. The molecule has 0 bridgehead atoms. The van der Waals surface area contributed by atoms with Crippen LogP contribution in [0.15, 0.2) is 42.5 Å². The predicted octanol–water partition coefficient (Wildman–Crippen LogP) is 5.26. The molecule has 0 saturated carbocycles. The van der Waals surface area contributed by atoms with E-state index in [-0.39, 0.29) is 5.82 Å². The van der Waals surface area contributed by atoms with Gasteiger partial charge in [0.1, 0.15) is 5.82 Å². The van der Waals surface area contributed by atoms with E-state index >= 15 is 0 Å². The van der Waals surface area contributed by atoms with Crippen LogP contribution in [-0.2, 0) is 5.75 Å². The van der Waals surface area contributed by atoms with Crippen molar-refractivity contribution in [3.63, 3.8) is 0 Å². The van der Waals surface area contributed by atoms with Crippen molar-refractivity contribution in [1.82, 2.24) is 4.90 Å². The van der Waals surface area contributed by atoms with Gasteiger partial charge in [-0.25, -0.2) is 4.39 Å². The van der Waals surface area contributed by atoms with E-state index in [0.29, 0.717) is 16.7 Å². The van der Waals surface area contributed by atoms with Gasteiger partial charge < -0.3 is 14.2 Å². The minimum Gasteiger partial charge on any atom is -0.493 e. The molecular weight excluding hydrogens is 401 g/mol. The lowest BCUT2D eigenvalue weighted by atomic mass is 10.1. The molecule has 1 heterocycles. The number of halogens is 1. The molecule has 0 unspecified atom stereocenters. The number of ether oxygens (including phenoxy) is 3. The highest BCUT2D eigenvalue weighted by Crippen LogP contribution is 2.41. The number of benzene rings is 2. The summed E-state index contributed by atoms with van der Waals surface area (Å²) in [4.78, 5) is 2.47. The molecule has 0 radical (unpaired) electrons. The number of nitrogens with zero attached hydrogens (tertiary/aromatic N) is 1. The van der Waals surface area contributed by atoms with E-state index in [1.165, 1.54) is 25.0 Å². The van der Waals surface area contributed by atoms with Crippen LogP contribution in [0.3, 0.4) is 0 Å². The lowest BCUT2D eigenvalue weighted by molar-refractivity contribution is 0.256.